The average Bonchev–Trinajstić information content (AvgIpc) is 2.61. The predicted octanol–water partition coefficient (Wildman–Crippen LogP) is 2.62. The van der Waals surface area contributed by atoms with Gasteiger partial charge < -0.3 is 20.3 Å². The molecule has 126 valence electrons. The van der Waals surface area contributed by atoms with Crippen molar-refractivity contribution in [2.45, 2.75) is 6.04 Å². The van der Waals surface area contributed by atoms with Crippen LogP contribution in [0.1, 0.15) is 0 Å². The first-order valence-corrected chi connectivity index (χ1v) is 8.17. The van der Waals surface area contributed by atoms with Crippen LogP contribution in [0.4, 0.5) is 10.5 Å². The lowest BCUT2D eigenvalue weighted by Gasteiger charge is -2.35. The first kappa shape index (κ1) is 16.5. The molecule has 2 amide bonds. The smallest absolute Gasteiger partial charge is 0.322 e. The summed E-state index contributed by atoms with van der Waals surface area (Å²) < 4.78 is 5.75. The molecule has 1 fully saturated rings. The SMILES string of the molecule is O=C(Nc1cccc(Cl)c1)N1CCNCC1COc1cccnc1. The third-order valence-corrected chi connectivity index (χ3v) is 4.00. The number of hydrogen-bond acceptors (Lipinski definition) is 4. The van der Waals surface area contributed by atoms with E-state index in [0.29, 0.717) is 36.2 Å². The molecule has 1 aliphatic heterocycles. The molecule has 3 rings (SSSR count). The highest BCUT2D eigenvalue weighted by Crippen LogP contribution is 2.17. The van der Waals surface area contributed by atoms with E-state index in [1.807, 2.05) is 18.2 Å². The van der Waals surface area contributed by atoms with Crippen molar-refractivity contribution in [3.8, 4) is 5.75 Å². The van der Waals surface area contributed by atoms with E-state index in [2.05, 4.69) is 15.6 Å². The molecule has 6 nitrogen and oxygen atoms in total. The minimum absolute atomic E-state index is 0.0573. The van der Waals surface area contributed by atoms with Gasteiger partial charge in [0.15, 0.2) is 0 Å². The van der Waals surface area contributed by atoms with E-state index in [0.717, 1.165) is 6.54 Å². The van der Waals surface area contributed by atoms with Crippen LogP contribution in [0.15, 0.2) is 48.8 Å². The van der Waals surface area contributed by atoms with Crippen molar-refractivity contribution < 1.29 is 9.53 Å². The molecule has 1 aliphatic rings. The van der Waals surface area contributed by atoms with Crippen LogP contribution >= 0.6 is 11.6 Å². The van der Waals surface area contributed by atoms with E-state index in [-0.39, 0.29) is 12.1 Å². The number of carbonyl (C=O) groups excluding carboxylic acids is 1. The molecular weight excluding hydrogens is 328 g/mol. The van der Waals surface area contributed by atoms with Gasteiger partial charge in [-0.25, -0.2) is 4.79 Å². The standard InChI is InChI=1S/C17H19ClN4O2/c18-13-3-1-4-14(9-13)21-17(23)22-8-7-20-10-15(22)12-24-16-5-2-6-19-11-16/h1-6,9,11,15,20H,7-8,10,12H2,(H,21,23). The number of hydrogen-bond donors (Lipinski definition) is 2. The van der Waals surface area contributed by atoms with Gasteiger partial charge in [0.25, 0.3) is 0 Å². The van der Waals surface area contributed by atoms with Crippen molar-refractivity contribution in [2.75, 3.05) is 31.6 Å². The Bertz CT molecular complexity index is 683. The Morgan fingerprint density at radius 1 is 1.42 bits per heavy atom. The van der Waals surface area contributed by atoms with Gasteiger partial charge in [0, 0.05) is 36.5 Å². The predicted molar refractivity (Wildman–Crippen MR) is 93.6 cm³/mol. The third kappa shape index (κ3) is 4.37. The maximum atomic E-state index is 12.6. The zero-order chi connectivity index (χ0) is 16.8. The quantitative estimate of drug-likeness (QED) is 0.893. The molecule has 1 atom stereocenters. The molecule has 1 aromatic heterocycles. The van der Waals surface area contributed by atoms with Crippen LogP contribution in [-0.2, 0) is 0 Å². The zero-order valence-corrected chi connectivity index (χ0v) is 13.9. The van der Waals surface area contributed by atoms with Crippen molar-refractivity contribution in [1.82, 2.24) is 15.2 Å². The topological polar surface area (TPSA) is 66.5 Å². The lowest BCUT2D eigenvalue weighted by molar-refractivity contribution is 0.133. The van der Waals surface area contributed by atoms with Crippen LogP contribution in [0.3, 0.4) is 0 Å². The summed E-state index contributed by atoms with van der Waals surface area (Å²) in [7, 11) is 0. The van der Waals surface area contributed by atoms with Gasteiger partial charge in [-0.05, 0) is 30.3 Å². The molecule has 0 spiro atoms. The number of anilines is 1. The first-order valence-electron chi connectivity index (χ1n) is 7.79. The number of ether oxygens (including phenoxy) is 1. The fourth-order valence-corrected chi connectivity index (χ4v) is 2.75. The largest absolute Gasteiger partial charge is 0.490 e. The zero-order valence-electron chi connectivity index (χ0n) is 13.1. The second kappa shape index (κ2) is 7.99. The minimum atomic E-state index is -0.154. The van der Waals surface area contributed by atoms with Crippen molar-refractivity contribution in [1.29, 1.82) is 0 Å². The number of nitrogens with one attached hydrogen (secondary N) is 2. The number of amides is 2. The fraction of sp³-hybridized carbons (Fsp3) is 0.294. The average molecular weight is 347 g/mol. The number of carbonyl (C=O) groups is 1. The summed E-state index contributed by atoms with van der Waals surface area (Å²) in [6.45, 7) is 2.46. The molecule has 1 saturated heterocycles. The van der Waals surface area contributed by atoms with Crippen LogP contribution in [-0.4, -0.2) is 48.2 Å². The van der Waals surface area contributed by atoms with E-state index >= 15 is 0 Å². The number of aromatic nitrogens is 1. The Morgan fingerprint density at radius 2 is 2.33 bits per heavy atom. The van der Waals surface area contributed by atoms with Crippen LogP contribution in [0.5, 0.6) is 5.75 Å². The number of nitrogens with zero attached hydrogens (tertiary/aromatic N) is 2. The van der Waals surface area contributed by atoms with Crippen LogP contribution in [0.2, 0.25) is 5.02 Å². The Balaban J connectivity index is 1.62. The van der Waals surface area contributed by atoms with Crippen molar-refractivity contribution in [3.05, 3.63) is 53.8 Å². The molecule has 1 aromatic carbocycles. The number of halogens is 1. The lowest BCUT2D eigenvalue weighted by atomic mass is 10.2. The number of benzene rings is 1. The number of rotatable bonds is 4. The molecule has 7 heteroatoms. The van der Waals surface area contributed by atoms with Gasteiger partial charge in [-0.1, -0.05) is 17.7 Å². The van der Waals surface area contributed by atoms with Crippen LogP contribution in [0, 0.1) is 0 Å². The number of urea groups is 1. The summed E-state index contributed by atoms with van der Waals surface area (Å²) >= 11 is 5.96. The van der Waals surface area contributed by atoms with Gasteiger partial charge in [0.1, 0.15) is 12.4 Å². The summed E-state index contributed by atoms with van der Waals surface area (Å²) in [6.07, 6.45) is 3.35. The highest BCUT2D eigenvalue weighted by Gasteiger charge is 2.27. The summed E-state index contributed by atoms with van der Waals surface area (Å²) in [4.78, 5) is 18.4. The molecule has 0 radical (unpaired) electrons. The molecule has 0 saturated carbocycles. The molecule has 0 aliphatic carbocycles. The van der Waals surface area contributed by atoms with Crippen molar-refractivity contribution in [2.24, 2.45) is 0 Å². The summed E-state index contributed by atoms with van der Waals surface area (Å²) in [6, 6.07) is 10.6. The van der Waals surface area contributed by atoms with Gasteiger partial charge in [0.2, 0.25) is 0 Å². The second-order valence-electron chi connectivity index (χ2n) is 5.49. The van der Waals surface area contributed by atoms with Crippen LogP contribution < -0.4 is 15.4 Å². The van der Waals surface area contributed by atoms with E-state index in [9.17, 15) is 4.79 Å². The monoisotopic (exact) mass is 346 g/mol. The molecule has 24 heavy (non-hydrogen) atoms. The Morgan fingerprint density at radius 3 is 3.12 bits per heavy atom. The Hall–Kier alpha value is -2.31. The van der Waals surface area contributed by atoms with Gasteiger partial charge in [-0.15, -0.1) is 0 Å². The molecule has 2 N–H and O–H groups in total. The van der Waals surface area contributed by atoms with Crippen LogP contribution in [0.25, 0.3) is 0 Å². The highest BCUT2D eigenvalue weighted by atomic mass is 35.5. The Kier molecular flexibility index (Phi) is 5.51. The molecule has 1 unspecified atom stereocenters. The van der Waals surface area contributed by atoms with E-state index in [1.165, 1.54) is 0 Å². The number of pyridine rings is 1. The minimum Gasteiger partial charge on any atom is -0.490 e. The highest BCUT2D eigenvalue weighted by molar-refractivity contribution is 6.30. The summed E-state index contributed by atoms with van der Waals surface area (Å²) in [5.74, 6) is 0.693. The Labute approximate surface area is 145 Å². The summed E-state index contributed by atoms with van der Waals surface area (Å²) in [5.41, 5.74) is 0.679. The maximum Gasteiger partial charge on any atom is 0.322 e. The first-order chi connectivity index (χ1) is 11.7. The molecular formula is C17H19ClN4O2. The van der Waals surface area contributed by atoms with Gasteiger partial charge >= 0.3 is 6.03 Å². The number of piperazine rings is 1. The summed E-state index contributed by atoms with van der Waals surface area (Å²) in [5, 5.41) is 6.77. The van der Waals surface area contributed by atoms with Gasteiger partial charge in [0.05, 0.1) is 12.2 Å². The van der Waals surface area contributed by atoms with Crippen molar-refractivity contribution >= 4 is 23.3 Å². The van der Waals surface area contributed by atoms with Crippen molar-refractivity contribution in [3.63, 3.8) is 0 Å². The van der Waals surface area contributed by atoms with E-state index in [1.54, 1.807) is 35.5 Å². The van der Waals surface area contributed by atoms with Gasteiger partial charge in [-0.2, -0.15) is 0 Å². The molecule has 0 bridgehead atoms. The molecule has 2 aromatic rings. The fourth-order valence-electron chi connectivity index (χ4n) is 2.56. The van der Waals surface area contributed by atoms with Gasteiger partial charge in [-0.3, -0.25) is 4.98 Å². The van der Waals surface area contributed by atoms with E-state index < -0.39 is 0 Å². The van der Waals surface area contributed by atoms with E-state index in [4.69, 9.17) is 16.3 Å². The molecule has 2 heterocycles. The lowest BCUT2D eigenvalue weighted by Crippen LogP contribution is -2.57. The second-order valence-corrected chi connectivity index (χ2v) is 5.93. The maximum absolute atomic E-state index is 12.6. The third-order valence-electron chi connectivity index (χ3n) is 3.76. The normalized spacial score (nSPS) is 17.4.